The van der Waals surface area contributed by atoms with Gasteiger partial charge in [0.1, 0.15) is 0 Å². The molecule has 0 atom stereocenters. The number of hydrogen-bond acceptors (Lipinski definition) is 2. The van der Waals surface area contributed by atoms with Gasteiger partial charge in [-0.05, 0) is 59.3 Å². The summed E-state index contributed by atoms with van der Waals surface area (Å²) in [6.45, 7) is 2.69. The van der Waals surface area contributed by atoms with E-state index in [1.54, 1.807) is 23.5 Å². The SMILES string of the molecule is CCc1ccc(CNC(=O)c2ccc(I)c(Cl)c2)s1. The topological polar surface area (TPSA) is 29.1 Å². The van der Waals surface area contributed by atoms with Crippen molar-refractivity contribution in [1.29, 1.82) is 0 Å². The lowest BCUT2D eigenvalue weighted by molar-refractivity contribution is 0.0951. The van der Waals surface area contributed by atoms with Gasteiger partial charge in [0.15, 0.2) is 0 Å². The zero-order valence-electron chi connectivity index (χ0n) is 10.4. The molecular formula is C14H13ClINOS. The van der Waals surface area contributed by atoms with E-state index in [2.05, 4.69) is 47.0 Å². The molecule has 19 heavy (non-hydrogen) atoms. The molecule has 100 valence electrons. The first-order chi connectivity index (χ1) is 9.10. The summed E-state index contributed by atoms with van der Waals surface area (Å²) in [5.74, 6) is -0.0928. The fourth-order valence-electron chi connectivity index (χ4n) is 1.61. The number of nitrogens with one attached hydrogen (secondary N) is 1. The van der Waals surface area contributed by atoms with E-state index in [0.717, 1.165) is 9.99 Å². The summed E-state index contributed by atoms with van der Waals surface area (Å²) < 4.78 is 0.946. The Morgan fingerprint density at radius 3 is 2.68 bits per heavy atom. The minimum Gasteiger partial charge on any atom is -0.347 e. The fourth-order valence-corrected chi connectivity index (χ4v) is 3.03. The summed E-state index contributed by atoms with van der Waals surface area (Å²) in [5.41, 5.74) is 0.595. The third-order valence-corrected chi connectivity index (χ3v) is 5.47. The van der Waals surface area contributed by atoms with Crippen LogP contribution in [0.1, 0.15) is 27.0 Å². The maximum absolute atomic E-state index is 12.0. The maximum atomic E-state index is 12.0. The minimum atomic E-state index is -0.0928. The van der Waals surface area contributed by atoms with Gasteiger partial charge in [-0.25, -0.2) is 0 Å². The van der Waals surface area contributed by atoms with E-state index >= 15 is 0 Å². The van der Waals surface area contributed by atoms with Gasteiger partial charge in [-0.1, -0.05) is 18.5 Å². The third kappa shape index (κ3) is 3.94. The number of benzene rings is 1. The largest absolute Gasteiger partial charge is 0.347 e. The Balaban J connectivity index is 1.99. The molecule has 0 radical (unpaired) electrons. The van der Waals surface area contributed by atoms with Crippen LogP contribution in [0.2, 0.25) is 5.02 Å². The quantitative estimate of drug-likeness (QED) is 0.746. The second-order valence-electron chi connectivity index (χ2n) is 4.03. The lowest BCUT2D eigenvalue weighted by Crippen LogP contribution is -2.22. The van der Waals surface area contributed by atoms with Crippen LogP contribution in [-0.2, 0) is 13.0 Å². The molecular weight excluding hydrogens is 393 g/mol. The van der Waals surface area contributed by atoms with E-state index in [-0.39, 0.29) is 5.91 Å². The van der Waals surface area contributed by atoms with Crippen molar-refractivity contribution in [2.45, 2.75) is 19.9 Å². The number of hydrogen-bond donors (Lipinski definition) is 1. The summed E-state index contributed by atoms with van der Waals surface area (Å²) in [4.78, 5) is 14.5. The number of carbonyl (C=O) groups excluding carboxylic acids is 1. The van der Waals surface area contributed by atoms with Crippen LogP contribution in [0.25, 0.3) is 0 Å². The molecule has 2 aromatic rings. The summed E-state index contributed by atoms with van der Waals surface area (Å²) >= 11 is 9.89. The van der Waals surface area contributed by atoms with Gasteiger partial charge in [-0.15, -0.1) is 11.3 Å². The molecule has 2 nitrogen and oxygen atoms in total. The number of carbonyl (C=O) groups is 1. The van der Waals surface area contributed by atoms with Crippen molar-refractivity contribution in [3.8, 4) is 0 Å². The standard InChI is InChI=1S/C14H13ClINOS/c1-2-10-4-5-11(19-10)8-17-14(18)9-3-6-13(16)12(15)7-9/h3-7H,2,8H2,1H3,(H,17,18). The molecule has 0 spiro atoms. The maximum Gasteiger partial charge on any atom is 0.251 e. The van der Waals surface area contributed by atoms with Gasteiger partial charge < -0.3 is 5.32 Å². The number of amides is 1. The van der Waals surface area contributed by atoms with E-state index < -0.39 is 0 Å². The monoisotopic (exact) mass is 405 g/mol. The van der Waals surface area contributed by atoms with E-state index in [9.17, 15) is 4.79 Å². The first-order valence-electron chi connectivity index (χ1n) is 5.91. The van der Waals surface area contributed by atoms with E-state index in [1.165, 1.54) is 9.75 Å². The Morgan fingerprint density at radius 2 is 2.05 bits per heavy atom. The van der Waals surface area contributed by atoms with E-state index in [4.69, 9.17) is 11.6 Å². The van der Waals surface area contributed by atoms with Crippen LogP contribution >= 0.6 is 45.5 Å². The van der Waals surface area contributed by atoms with Crippen molar-refractivity contribution >= 4 is 51.4 Å². The lowest BCUT2D eigenvalue weighted by atomic mass is 10.2. The number of rotatable bonds is 4. The number of halogens is 2. The zero-order valence-corrected chi connectivity index (χ0v) is 14.1. The molecule has 2 rings (SSSR count). The predicted octanol–water partition coefficient (Wildman–Crippen LogP) is 4.50. The summed E-state index contributed by atoms with van der Waals surface area (Å²) in [6.07, 6.45) is 1.03. The lowest BCUT2D eigenvalue weighted by Gasteiger charge is -2.05. The van der Waals surface area contributed by atoms with Gasteiger partial charge in [-0.3, -0.25) is 4.79 Å². The number of thiophene rings is 1. The molecule has 5 heteroatoms. The Hall–Kier alpha value is -0.590. The first kappa shape index (κ1) is 14.8. The minimum absolute atomic E-state index is 0.0928. The summed E-state index contributed by atoms with van der Waals surface area (Å²) in [6, 6.07) is 9.50. The molecule has 1 amide bonds. The highest BCUT2D eigenvalue weighted by Crippen LogP contribution is 2.20. The molecule has 1 aromatic carbocycles. The Morgan fingerprint density at radius 1 is 1.32 bits per heavy atom. The zero-order chi connectivity index (χ0) is 13.8. The van der Waals surface area contributed by atoms with Crippen molar-refractivity contribution < 1.29 is 4.79 Å². The van der Waals surface area contributed by atoms with Crippen molar-refractivity contribution in [3.05, 3.63) is 54.2 Å². The van der Waals surface area contributed by atoms with Crippen LogP contribution in [0.4, 0.5) is 0 Å². The number of aryl methyl sites for hydroxylation is 1. The molecule has 0 saturated carbocycles. The van der Waals surface area contributed by atoms with Crippen molar-refractivity contribution in [3.63, 3.8) is 0 Å². The summed E-state index contributed by atoms with van der Waals surface area (Å²) in [7, 11) is 0. The molecule has 1 heterocycles. The second kappa shape index (κ2) is 6.72. The Bertz CT molecular complexity index is 597. The van der Waals surface area contributed by atoms with Crippen molar-refractivity contribution in [2.75, 3.05) is 0 Å². The molecule has 0 fully saturated rings. The molecule has 0 bridgehead atoms. The van der Waals surface area contributed by atoms with Crippen LogP contribution in [0.3, 0.4) is 0 Å². The predicted molar refractivity (Wildman–Crippen MR) is 89.0 cm³/mol. The van der Waals surface area contributed by atoms with Crippen LogP contribution in [-0.4, -0.2) is 5.91 Å². The highest BCUT2D eigenvalue weighted by molar-refractivity contribution is 14.1. The average Bonchev–Trinajstić information content (AvgIpc) is 2.87. The van der Waals surface area contributed by atoms with Crippen LogP contribution in [0, 0.1) is 3.57 Å². The Kier molecular flexibility index (Phi) is 5.24. The Labute approximate surface area is 135 Å². The highest BCUT2D eigenvalue weighted by atomic mass is 127. The average molecular weight is 406 g/mol. The van der Waals surface area contributed by atoms with E-state index in [0.29, 0.717) is 17.1 Å². The molecule has 1 aromatic heterocycles. The molecule has 0 unspecified atom stereocenters. The van der Waals surface area contributed by atoms with Gasteiger partial charge >= 0.3 is 0 Å². The molecule has 0 aliphatic rings. The second-order valence-corrected chi connectivity index (χ2v) is 6.86. The van der Waals surface area contributed by atoms with Gasteiger partial charge in [-0.2, -0.15) is 0 Å². The third-order valence-electron chi connectivity index (χ3n) is 2.67. The van der Waals surface area contributed by atoms with Gasteiger partial charge in [0.25, 0.3) is 5.91 Å². The van der Waals surface area contributed by atoms with E-state index in [1.807, 2.05) is 6.07 Å². The van der Waals surface area contributed by atoms with Gasteiger partial charge in [0.05, 0.1) is 11.6 Å². The van der Waals surface area contributed by atoms with Crippen LogP contribution in [0.5, 0.6) is 0 Å². The van der Waals surface area contributed by atoms with Crippen molar-refractivity contribution in [2.24, 2.45) is 0 Å². The first-order valence-corrected chi connectivity index (χ1v) is 8.18. The smallest absolute Gasteiger partial charge is 0.251 e. The highest BCUT2D eigenvalue weighted by Gasteiger charge is 2.08. The summed E-state index contributed by atoms with van der Waals surface area (Å²) in [5, 5.41) is 3.52. The molecule has 0 aliphatic heterocycles. The molecule has 0 saturated heterocycles. The van der Waals surface area contributed by atoms with Crippen LogP contribution in [0.15, 0.2) is 30.3 Å². The van der Waals surface area contributed by atoms with Crippen molar-refractivity contribution in [1.82, 2.24) is 5.32 Å². The molecule has 0 aliphatic carbocycles. The normalized spacial score (nSPS) is 10.5. The fraction of sp³-hybridized carbons (Fsp3) is 0.214. The molecule has 1 N–H and O–H groups in total. The van der Waals surface area contributed by atoms with Gasteiger partial charge in [0.2, 0.25) is 0 Å². The van der Waals surface area contributed by atoms with Gasteiger partial charge in [0, 0.05) is 18.9 Å². The van der Waals surface area contributed by atoms with Crippen LogP contribution < -0.4 is 5.32 Å².